The number of benzene rings is 3. The van der Waals surface area contributed by atoms with Gasteiger partial charge in [-0.1, -0.05) is 71.8 Å². The molecule has 3 nitrogen and oxygen atoms in total. The number of nitrogens with one attached hydrogen (secondary N) is 2. The number of ketones is 1. The van der Waals surface area contributed by atoms with Crippen molar-refractivity contribution in [1.82, 2.24) is 0 Å². The summed E-state index contributed by atoms with van der Waals surface area (Å²) in [6, 6.07) is 24.2. The lowest BCUT2D eigenvalue weighted by Gasteiger charge is -2.30. The van der Waals surface area contributed by atoms with Crippen LogP contribution in [-0.4, -0.2) is 5.78 Å². The average molecular weight is 415 g/mol. The molecule has 0 fully saturated rings. The van der Waals surface area contributed by atoms with E-state index in [0.717, 1.165) is 45.2 Å². The van der Waals surface area contributed by atoms with Crippen LogP contribution in [0.5, 0.6) is 0 Å². The first-order valence-corrected chi connectivity index (χ1v) is 10.7. The molecule has 1 heterocycles. The third kappa shape index (κ3) is 3.40. The molecule has 30 heavy (non-hydrogen) atoms. The van der Waals surface area contributed by atoms with Gasteiger partial charge in [-0.3, -0.25) is 4.79 Å². The maximum absolute atomic E-state index is 13.5. The zero-order valence-electron chi connectivity index (χ0n) is 16.8. The maximum Gasteiger partial charge on any atom is 0.163 e. The van der Waals surface area contributed by atoms with E-state index in [0.29, 0.717) is 6.42 Å². The first-order chi connectivity index (χ1) is 14.6. The van der Waals surface area contributed by atoms with Crippen molar-refractivity contribution in [3.05, 3.63) is 106 Å². The minimum Gasteiger partial charge on any atom is -0.372 e. The summed E-state index contributed by atoms with van der Waals surface area (Å²) in [5, 5.41) is 7.92. The van der Waals surface area contributed by atoms with Crippen molar-refractivity contribution in [2.24, 2.45) is 0 Å². The standard InChI is InChI=1S/C26H23ClN2O/c1-16-10-12-17(13-11-16)26-25-23(28-21-8-4-5-9-22(21)29-26)14-18(15-24(25)30)19-6-2-3-7-20(19)27/h2-13,18,26,28-29H,14-15H2,1H3/t18-,26-/m0/s1. The normalized spacial score (nSPS) is 20.5. The Morgan fingerprint density at radius 1 is 0.867 bits per heavy atom. The lowest BCUT2D eigenvalue weighted by atomic mass is 9.78. The van der Waals surface area contributed by atoms with Crippen LogP contribution in [0.25, 0.3) is 0 Å². The summed E-state index contributed by atoms with van der Waals surface area (Å²) in [4.78, 5) is 13.5. The lowest BCUT2D eigenvalue weighted by molar-refractivity contribution is -0.116. The van der Waals surface area contributed by atoms with Crippen molar-refractivity contribution >= 4 is 28.8 Å². The van der Waals surface area contributed by atoms with E-state index in [4.69, 9.17) is 11.6 Å². The van der Waals surface area contributed by atoms with Gasteiger partial charge >= 0.3 is 0 Å². The number of halogens is 1. The topological polar surface area (TPSA) is 41.1 Å². The van der Waals surface area contributed by atoms with Gasteiger partial charge in [0.05, 0.1) is 17.4 Å². The third-order valence-electron chi connectivity index (χ3n) is 6.06. The highest BCUT2D eigenvalue weighted by Gasteiger charge is 2.36. The number of allylic oxidation sites excluding steroid dienone is 1. The van der Waals surface area contributed by atoms with Gasteiger partial charge in [-0.2, -0.15) is 0 Å². The second-order valence-corrected chi connectivity index (χ2v) is 8.51. The number of carbonyl (C=O) groups is 1. The summed E-state index contributed by atoms with van der Waals surface area (Å²) in [5.41, 5.74) is 7.15. The molecule has 0 amide bonds. The summed E-state index contributed by atoms with van der Waals surface area (Å²) < 4.78 is 0. The van der Waals surface area contributed by atoms with Crippen molar-refractivity contribution < 1.29 is 4.79 Å². The van der Waals surface area contributed by atoms with Gasteiger partial charge in [0.2, 0.25) is 0 Å². The van der Waals surface area contributed by atoms with Gasteiger partial charge in [-0.15, -0.1) is 0 Å². The van der Waals surface area contributed by atoms with E-state index in [1.54, 1.807) is 0 Å². The van der Waals surface area contributed by atoms with Crippen molar-refractivity contribution in [1.29, 1.82) is 0 Å². The van der Waals surface area contributed by atoms with Crippen molar-refractivity contribution in [2.75, 3.05) is 10.6 Å². The number of Topliss-reactive ketones (excluding diaryl/α,β-unsaturated/α-hetero) is 1. The van der Waals surface area contributed by atoms with Crippen LogP contribution in [0, 0.1) is 6.92 Å². The van der Waals surface area contributed by atoms with E-state index in [2.05, 4.69) is 47.9 Å². The molecule has 1 aliphatic carbocycles. The molecule has 2 atom stereocenters. The first kappa shape index (κ1) is 19.0. The summed E-state index contributed by atoms with van der Waals surface area (Å²) in [7, 11) is 0. The summed E-state index contributed by atoms with van der Waals surface area (Å²) in [5.74, 6) is 0.237. The number of aryl methyl sites for hydroxylation is 1. The Hall–Kier alpha value is -3.04. The number of anilines is 2. The maximum atomic E-state index is 13.5. The zero-order chi connectivity index (χ0) is 20.7. The quantitative estimate of drug-likeness (QED) is 0.494. The Balaban J connectivity index is 1.62. The largest absolute Gasteiger partial charge is 0.372 e. The second-order valence-electron chi connectivity index (χ2n) is 8.10. The van der Waals surface area contributed by atoms with Crippen molar-refractivity contribution in [3.63, 3.8) is 0 Å². The molecule has 0 saturated heterocycles. The number of carbonyl (C=O) groups excluding carboxylic acids is 1. The number of para-hydroxylation sites is 2. The Morgan fingerprint density at radius 3 is 2.33 bits per heavy atom. The summed E-state index contributed by atoms with van der Waals surface area (Å²) in [6.07, 6.45) is 1.22. The number of hydrogen-bond acceptors (Lipinski definition) is 3. The van der Waals surface area contributed by atoms with Gasteiger partial charge in [0.25, 0.3) is 0 Å². The average Bonchev–Trinajstić information content (AvgIpc) is 2.91. The minimum absolute atomic E-state index is 0.0707. The molecular weight excluding hydrogens is 392 g/mol. The highest BCUT2D eigenvalue weighted by atomic mass is 35.5. The molecule has 0 radical (unpaired) electrons. The Morgan fingerprint density at radius 2 is 1.57 bits per heavy atom. The van der Waals surface area contributed by atoms with Crippen LogP contribution in [-0.2, 0) is 4.79 Å². The van der Waals surface area contributed by atoms with Crippen molar-refractivity contribution in [2.45, 2.75) is 31.7 Å². The van der Waals surface area contributed by atoms with Crippen LogP contribution in [0.2, 0.25) is 5.02 Å². The molecule has 3 aromatic carbocycles. The van der Waals surface area contributed by atoms with Gasteiger partial charge in [0, 0.05) is 22.7 Å². The Bertz CT molecular complexity index is 1150. The molecule has 0 saturated carbocycles. The van der Waals surface area contributed by atoms with Crippen LogP contribution in [0.1, 0.15) is 41.5 Å². The second kappa shape index (κ2) is 7.66. The fourth-order valence-electron chi connectivity index (χ4n) is 4.53. The monoisotopic (exact) mass is 414 g/mol. The predicted octanol–water partition coefficient (Wildman–Crippen LogP) is 6.63. The number of fused-ring (bicyclic) bond motifs is 1. The van der Waals surface area contributed by atoms with Gasteiger partial charge < -0.3 is 10.6 Å². The van der Waals surface area contributed by atoms with Gasteiger partial charge in [-0.25, -0.2) is 0 Å². The predicted molar refractivity (Wildman–Crippen MR) is 123 cm³/mol. The van der Waals surface area contributed by atoms with E-state index in [1.807, 2.05) is 42.5 Å². The fourth-order valence-corrected chi connectivity index (χ4v) is 4.82. The molecule has 3 aromatic rings. The minimum atomic E-state index is -0.184. The third-order valence-corrected chi connectivity index (χ3v) is 6.41. The van der Waals surface area contributed by atoms with Gasteiger partial charge in [0.1, 0.15) is 0 Å². The molecule has 0 unspecified atom stereocenters. The lowest BCUT2D eigenvalue weighted by Crippen LogP contribution is -2.27. The van der Waals surface area contributed by atoms with Crippen LogP contribution >= 0.6 is 11.6 Å². The van der Waals surface area contributed by atoms with Gasteiger partial charge in [0.15, 0.2) is 5.78 Å². The molecule has 1 aliphatic heterocycles. The molecule has 2 N–H and O–H groups in total. The smallest absolute Gasteiger partial charge is 0.163 e. The van der Waals surface area contributed by atoms with Crippen LogP contribution in [0.3, 0.4) is 0 Å². The first-order valence-electron chi connectivity index (χ1n) is 10.3. The van der Waals surface area contributed by atoms with Crippen LogP contribution < -0.4 is 10.6 Å². The SMILES string of the molecule is Cc1ccc([C@@H]2Nc3ccccc3NC3=C2C(=O)C[C@@H](c2ccccc2Cl)C3)cc1. The van der Waals surface area contributed by atoms with E-state index in [1.165, 1.54) is 5.56 Å². The van der Waals surface area contributed by atoms with E-state index in [9.17, 15) is 4.79 Å². The molecular formula is C26H23ClN2O. The van der Waals surface area contributed by atoms with E-state index in [-0.39, 0.29) is 17.7 Å². The molecule has 2 aliphatic rings. The number of hydrogen-bond donors (Lipinski definition) is 2. The summed E-state index contributed by atoms with van der Waals surface area (Å²) in [6.45, 7) is 2.08. The van der Waals surface area contributed by atoms with E-state index < -0.39 is 0 Å². The highest BCUT2D eigenvalue weighted by molar-refractivity contribution is 6.31. The fraction of sp³-hybridized carbons (Fsp3) is 0.192. The van der Waals surface area contributed by atoms with Crippen LogP contribution in [0.4, 0.5) is 11.4 Å². The highest BCUT2D eigenvalue weighted by Crippen LogP contribution is 2.45. The number of rotatable bonds is 2. The molecule has 4 heteroatoms. The molecule has 0 spiro atoms. The molecule has 5 rings (SSSR count). The Kier molecular flexibility index (Phi) is 4.84. The van der Waals surface area contributed by atoms with Crippen molar-refractivity contribution in [3.8, 4) is 0 Å². The van der Waals surface area contributed by atoms with Crippen LogP contribution in [0.15, 0.2) is 84.1 Å². The summed E-state index contributed by atoms with van der Waals surface area (Å²) >= 11 is 6.47. The Labute approximate surface area is 181 Å². The van der Waals surface area contributed by atoms with Gasteiger partial charge in [-0.05, 0) is 48.6 Å². The zero-order valence-corrected chi connectivity index (χ0v) is 17.5. The molecule has 0 aromatic heterocycles. The molecule has 0 bridgehead atoms. The molecule has 150 valence electrons. The van der Waals surface area contributed by atoms with E-state index >= 15 is 0 Å².